The highest BCUT2D eigenvalue weighted by Gasteiger charge is 2.25. The Morgan fingerprint density at radius 2 is 1.47 bits per heavy atom. The topological polar surface area (TPSA) is 43.4 Å². The van der Waals surface area contributed by atoms with E-state index in [4.69, 9.17) is 18.9 Å². The molecule has 4 aromatic rings. The number of nitrogens with zero attached hydrogens (tertiary/aromatic N) is 2. The fraction of sp³-hybridized carbons (Fsp3) is 0.333. The molecule has 1 fully saturated rings. The zero-order valence-corrected chi connectivity index (χ0v) is 27.1. The Bertz CT molecular complexity index is 1530. The number of methoxy groups -OCH3 is 3. The lowest BCUT2D eigenvalue weighted by atomic mass is 9.98. The Morgan fingerprint density at radius 1 is 0.756 bits per heavy atom. The van der Waals surface area contributed by atoms with Crippen molar-refractivity contribution >= 4 is 5.69 Å². The van der Waals surface area contributed by atoms with Crippen LogP contribution in [0.4, 0.5) is 5.69 Å². The molecule has 4 aromatic carbocycles. The van der Waals surface area contributed by atoms with E-state index in [9.17, 15) is 0 Å². The summed E-state index contributed by atoms with van der Waals surface area (Å²) in [6.45, 7) is 6.63. The summed E-state index contributed by atoms with van der Waals surface area (Å²) >= 11 is 0. The lowest BCUT2D eigenvalue weighted by Gasteiger charge is -2.40. The Kier molecular flexibility index (Phi) is 11.4. The van der Waals surface area contributed by atoms with Crippen molar-refractivity contribution < 1.29 is 18.9 Å². The van der Waals surface area contributed by atoms with Gasteiger partial charge < -0.3 is 23.8 Å². The van der Waals surface area contributed by atoms with Gasteiger partial charge in [0.15, 0.2) is 11.5 Å². The molecule has 1 aliphatic rings. The zero-order valence-electron chi connectivity index (χ0n) is 27.1. The highest BCUT2D eigenvalue weighted by molar-refractivity contribution is 5.68. The van der Waals surface area contributed by atoms with E-state index >= 15 is 0 Å². The number of piperidine rings is 1. The van der Waals surface area contributed by atoms with E-state index in [-0.39, 0.29) is 0 Å². The van der Waals surface area contributed by atoms with Gasteiger partial charge in [-0.25, -0.2) is 0 Å². The molecule has 0 aliphatic carbocycles. The second kappa shape index (κ2) is 16.1. The van der Waals surface area contributed by atoms with Gasteiger partial charge in [-0.05, 0) is 103 Å². The normalized spacial score (nSPS) is 14.0. The summed E-state index contributed by atoms with van der Waals surface area (Å²) in [6, 6.07) is 32.9. The van der Waals surface area contributed by atoms with Crippen LogP contribution in [-0.2, 0) is 24.2 Å². The average molecular weight is 607 g/mol. The predicted octanol–water partition coefficient (Wildman–Crippen LogP) is 8.14. The van der Waals surface area contributed by atoms with Gasteiger partial charge >= 0.3 is 0 Å². The average Bonchev–Trinajstić information content (AvgIpc) is 3.08. The molecule has 1 heterocycles. The first-order valence-electron chi connectivity index (χ1n) is 15.9. The van der Waals surface area contributed by atoms with E-state index in [1.165, 1.54) is 22.4 Å². The highest BCUT2D eigenvalue weighted by atomic mass is 16.5. The Balaban J connectivity index is 1.31. The third-order valence-electron chi connectivity index (χ3n) is 8.46. The molecule has 6 heteroatoms. The van der Waals surface area contributed by atoms with Crippen LogP contribution in [-0.4, -0.2) is 52.0 Å². The van der Waals surface area contributed by atoms with Crippen LogP contribution in [0.1, 0.15) is 36.5 Å². The van der Waals surface area contributed by atoms with E-state index < -0.39 is 0 Å². The van der Waals surface area contributed by atoms with E-state index in [0.29, 0.717) is 12.6 Å². The molecule has 0 N–H and O–H groups in total. The quantitative estimate of drug-likeness (QED) is 0.135. The van der Waals surface area contributed by atoms with Crippen molar-refractivity contribution in [3.8, 4) is 28.4 Å². The first-order chi connectivity index (χ1) is 22.1. The van der Waals surface area contributed by atoms with E-state index in [1.54, 1.807) is 27.6 Å². The highest BCUT2D eigenvalue weighted by Crippen LogP contribution is 2.34. The van der Waals surface area contributed by atoms with Gasteiger partial charge in [0.05, 0.1) is 34.2 Å². The zero-order chi connectivity index (χ0) is 31.4. The maximum absolute atomic E-state index is 5.76. The van der Waals surface area contributed by atoms with Crippen LogP contribution in [0, 0.1) is 0 Å². The van der Waals surface area contributed by atoms with Gasteiger partial charge in [0.2, 0.25) is 0 Å². The lowest BCUT2D eigenvalue weighted by molar-refractivity contribution is 0.201. The van der Waals surface area contributed by atoms with Gasteiger partial charge in [0.25, 0.3) is 0 Å². The number of hydrogen-bond donors (Lipinski definition) is 0. The molecule has 0 aromatic heterocycles. The molecular weight excluding hydrogens is 560 g/mol. The van der Waals surface area contributed by atoms with Crippen molar-refractivity contribution in [1.82, 2.24) is 4.90 Å². The summed E-state index contributed by atoms with van der Waals surface area (Å²) in [5.74, 6) is 2.38. The predicted molar refractivity (Wildman–Crippen MR) is 183 cm³/mol. The Hall–Kier alpha value is -4.42. The van der Waals surface area contributed by atoms with E-state index in [1.807, 2.05) is 19.1 Å². The molecule has 0 spiro atoms. The third-order valence-corrected chi connectivity index (χ3v) is 8.46. The molecular formula is C39H46N2O4. The smallest absolute Gasteiger partial charge is 0.161 e. The molecule has 1 aliphatic heterocycles. The number of rotatable bonds is 14. The van der Waals surface area contributed by atoms with Crippen LogP contribution in [0.3, 0.4) is 0 Å². The summed E-state index contributed by atoms with van der Waals surface area (Å²) in [4.78, 5) is 5.18. The van der Waals surface area contributed by atoms with Crippen LogP contribution in [0.5, 0.6) is 17.2 Å². The minimum atomic E-state index is 0.439. The molecule has 6 nitrogen and oxygen atoms in total. The van der Waals surface area contributed by atoms with Gasteiger partial charge in [-0.15, -0.1) is 0 Å². The first-order valence-corrected chi connectivity index (χ1v) is 15.9. The molecule has 0 bridgehead atoms. The molecule has 0 unspecified atom stereocenters. The van der Waals surface area contributed by atoms with E-state index in [0.717, 1.165) is 73.8 Å². The SMILES string of the molecule is CCOc1ccc(N(Cc2cccc(-c3ccc(OC)c(OC)c3)c2)C2CCN(Cc3cccc(C/C=C/OC)c3)CC2)cc1. The second-order valence-electron chi connectivity index (χ2n) is 11.5. The number of anilines is 1. The van der Waals surface area contributed by atoms with Gasteiger partial charge in [-0.2, -0.15) is 0 Å². The largest absolute Gasteiger partial charge is 0.505 e. The minimum absolute atomic E-state index is 0.439. The van der Waals surface area contributed by atoms with Crippen molar-refractivity contribution in [2.24, 2.45) is 0 Å². The van der Waals surface area contributed by atoms with Crippen molar-refractivity contribution in [3.05, 3.63) is 120 Å². The Labute approximate surface area is 268 Å². The fourth-order valence-electron chi connectivity index (χ4n) is 6.18. The van der Waals surface area contributed by atoms with Gasteiger partial charge in [0, 0.05) is 37.9 Å². The first kappa shape index (κ1) is 32.0. The summed E-state index contributed by atoms with van der Waals surface area (Å²) in [5.41, 5.74) is 7.45. The number of benzene rings is 4. The van der Waals surface area contributed by atoms with Crippen LogP contribution < -0.4 is 19.1 Å². The van der Waals surface area contributed by atoms with Crippen LogP contribution in [0.2, 0.25) is 0 Å². The number of ether oxygens (including phenoxy) is 4. The van der Waals surface area contributed by atoms with E-state index in [2.05, 4.69) is 94.7 Å². The standard InChI is InChI=1S/C39H46N2O4/c1-5-45-37-17-15-35(16-18-37)41(29-32-11-7-13-33(26-32)34-14-19-38(43-3)39(27-34)44-4)36-20-22-40(23-21-36)28-31-10-6-9-30(25-31)12-8-24-42-2/h6-11,13-19,24-27,36H,5,12,20-23,28-29H2,1-4H3/b24-8+. The second-order valence-corrected chi connectivity index (χ2v) is 11.5. The summed E-state index contributed by atoms with van der Waals surface area (Å²) in [5, 5.41) is 0. The van der Waals surface area contributed by atoms with Gasteiger partial charge in [-0.3, -0.25) is 4.90 Å². The van der Waals surface area contributed by atoms with Crippen molar-refractivity contribution in [2.75, 3.05) is 45.9 Å². The molecule has 0 saturated carbocycles. The molecule has 5 rings (SSSR count). The van der Waals surface area contributed by atoms with Crippen LogP contribution in [0.15, 0.2) is 103 Å². The van der Waals surface area contributed by atoms with Crippen LogP contribution in [0.25, 0.3) is 11.1 Å². The monoisotopic (exact) mass is 606 g/mol. The molecule has 1 saturated heterocycles. The molecule has 0 atom stereocenters. The maximum Gasteiger partial charge on any atom is 0.161 e. The molecule has 0 radical (unpaired) electrons. The lowest BCUT2D eigenvalue weighted by Crippen LogP contribution is -2.44. The molecule has 0 amide bonds. The van der Waals surface area contributed by atoms with Crippen LogP contribution >= 0.6 is 0 Å². The fourth-order valence-corrected chi connectivity index (χ4v) is 6.18. The third kappa shape index (κ3) is 8.61. The summed E-state index contributed by atoms with van der Waals surface area (Å²) in [6.07, 6.45) is 6.91. The number of hydrogen-bond acceptors (Lipinski definition) is 6. The van der Waals surface area contributed by atoms with Crippen molar-refractivity contribution in [2.45, 2.75) is 45.3 Å². The Morgan fingerprint density at radius 3 is 2.20 bits per heavy atom. The van der Waals surface area contributed by atoms with Crippen molar-refractivity contribution in [1.29, 1.82) is 0 Å². The number of likely N-dealkylation sites (tertiary alicyclic amines) is 1. The van der Waals surface area contributed by atoms with Gasteiger partial charge in [-0.1, -0.05) is 48.5 Å². The molecule has 45 heavy (non-hydrogen) atoms. The number of allylic oxidation sites excluding steroid dienone is 1. The minimum Gasteiger partial charge on any atom is -0.505 e. The molecule has 236 valence electrons. The van der Waals surface area contributed by atoms with Gasteiger partial charge in [0.1, 0.15) is 5.75 Å². The van der Waals surface area contributed by atoms with Crippen molar-refractivity contribution in [3.63, 3.8) is 0 Å². The maximum atomic E-state index is 5.76. The summed E-state index contributed by atoms with van der Waals surface area (Å²) in [7, 11) is 5.03. The summed E-state index contributed by atoms with van der Waals surface area (Å²) < 4.78 is 21.9.